The van der Waals surface area contributed by atoms with Gasteiger partial charge in [0.05, 0.1) is 0 Å². The molecule has 0 saturated carbocycles. The molecule has 0 aliphatic heterocycles. The van der Waals surface area contributed by atoms with Gasteiger partial charge in [-0.2, -0.15) is 0 Å². The van der Waals surface area contributed by atoms with Crippen molar-refractivity contribution in [2.75, 3.05) is 0 Å². The van der Waals surface area contributed by atoms with Crippen LogP contribution in [0, 0.1) is 5.41 Å². The van der Waals surface area contributed by atoms with Crippen molar-refractivity contribution in [1.82, 2.24) is 0 Å². The number of hydrogen-bond acceptors (Lipinski definition) is 0. The number of benzene rings is 8. The Balaban J connectivity index is 1.33. The molecule has 258 valence electrons. The van der Waals surface area contributed by atoms with Crippen LogP contribution in [0.15, 0.2) is 170 Å². The van der Waals surface area contributed by atoms with Gasteiger partial charge in [-0.25, -0.2) is 0 Å². The van der Waals surface area contributed by atoms with Crippen LogP contribution in [0.1, 0.15) is 52.7 Å². The van der Waals surface area contributed by atoms with Gasteiger partial charge in [-0.05, 0) is 153 Å². The molecule has 0 unspecified atom stereocenters. The molecule has 1 aliphatic rings. The third kappa shape index (κ3) is 5.27. The Morgan fingerprint density at radius 1 is 0.283 bits per heavy atom. The molecule has 0 heteroatoms. The highest BCUT2D eigenvalue weighted by atomic mass is 14.6. The Morgan fingerprint density at radius 2 is 0.698 bits per heavy atom. The lowest BCUT2D eigenvalue weighted by Gasteiger charge is -2.44. The van der Waals surface area contributed by atoms with E-state index in [1.807, 2.05) is 0 Å². The molecular formula is C53H46. The van der Waals surface area contributed by atoms with E-state index in [0.29, 0.717) is 0 Å². The molecule has 0 radical (unpaired) electrons. The molecule has 53 heavy (non-hydrogen) atoms. The van der Waals surface area contributed by atoms with Crippen molar-refractivity contribution < 1.29 is 0 Å². The van der Waals surface area contributed by atoms with Crippen LogP contribution in [0.25, 0.3) is 77.2 Å². The summed E-state index contributed by atoms with van der Waals surface area (Å²) < 4.78 is 0. The lowest BCUT2D eigenvalue weighted by Crippen LogP contribution is -2.42. The van der Waals surface area contributed by atoms with Crippen molar-refractivity contribution in [2.24, 2.45) is 5.41 Å². The normalized spacial score (nSPS) is 15.4. The lowest BCUT2D eigenvalue weighted by atomic mass is 9.59. The minimum atomic E-state index is -0.00688. The highest BCUT2D eigenvalue weighted by Crippen LogP contribution is 2.62. The first-order valence-corrected chi connectivity index (χ1v) is 19.0. The quantitative estimate of drug-likeness (QED) is 0.159. The second-order valence-electron chi connectivity index (χ2n) is 16.7. The molecule has 1 aliphatic carbocycles. The topological polar surface area (TPSA) is 0 Å². The maximum absolute atomic E-state index is 2.57. The zero-order chi connectivity index (χ0) is 36.5. The first-order valence-electron chi connectivity index (χ1n) is 19.0. The summed E-state index contributed by atoms with van der Waals surface area (Å²) in [4.78, 5) is 0. The van der Waals surface area contributed by atoms with Crippen LogP contribution in [0.2, 0.25) is 0 Å². The fraction of sp³-hybridized carbons (Fsp3) is 0.170. The van der Waals surface area contributed by atoms with Crippen LogP contribution in [0.5, 0.6) is 0 Å². The van der Waals surface area contributed by atoms with E-state index in [4.69, 9.17) is 0 Å². The summed E-state index contributed by atoms with van der Waals surface area (Å²) in [5, 5.41) is 5.20. The van der Waals surface area contributed by atoms with E-state index < -0.39 is 0 Å². The fourth-order valence-corrected chi connectivity index (χ4v) is 8.99. The SMILES string of the molecule is CC1(C)c2cc3c(-c4cc(-c5ccccc5)cc(-c5ccccc5)c4)cc4ccc(-c5cccc(-c6ccccc6)c5)cc4c3cc2C(C)(C)C1(C)C. The van der Waals surface area contributed by atoms with Gasteiger partial charge in [0.25, 0.3) is 0 Å². The maximum atomic E-state index is 2.57. The first kappa shape index (κ1) is 33.1. The molecule has 0 heterocycles. The van der Waals surface area contributed by atoms with E-state index in [1.165, 1.54) is 88.3 Å². The van der Waals surface area contributed by atoms with Gasteiger partial charge in [0.1, 0.15) is 0 Å². The summed E-state index contributed by atoms with van der Waals surface area (Å²) in [6.45, 7) is 14.7. The van der Waals surface area contributed by atoms with Gasteiger partial charge in [0.2, 0.25) is 0 Å². The minimum Gasteiger partial charge on any atom is -0.0622 e. The molecule has 0 saturated heterocycles. The zero-order valence-electron chi connectivity index (χ0n) is 31.7. The molecule has 0 nitrogen and oxygen atoms in total. The molecule has 9 rings (SSSR count). The van der Waals surface area contributed by atoms with E-state index >= 15 is 0 Å². The van der Waals surface area contributed by atoms with E-state index in [0.717, 1.165) is 0 Å². The van der Waals surface area contributed by atoms with Gasteiger partial charge in [-0.1, -0.05) is 163 Å². The predicted molar refractivity (Wildman–Crippen MR) is 228 cm³/mol. The Morgan fingerprint density at radius 3 is 1.25 bits per heavy atom. The van der Waals surface area contributed by atoms with Crippen molar-refractivity contribution in [1.29, 1.82) is 0 Å². The third-order valence-corrected chi connectivity index (χ3v) is 13.3. The monoisotopic (exact) mass is 682 g/mol. The van der Waals surface area contributed by atoms with E-state index in [9.17, 15) is 0 Å². The largest absolute Gasteiger partial charge is 0.0622 e. The van der Waals surface area contributed by atoms with E-state index in [-0.39, 0.29) is 16.2 Å². The van der Waals surface area contributed by atoms with Gasteiger partial charge in [-0.15, -0.1) is 0 Å². The number of rotatable bonds is 5. The van der Waals surface area contributed by atoms with Crippen molar-refractivity contribution >= 4 is 21.5 Å². The predicted octanol–water partition coefficient (Wildman–Crippen LogP) is 14.9. The Labute approximate surface area is 314 Å². The first-order chi connectivity index (χ1) is 25.5. The van der Waals surface area contributed by atoms with Crippen molar-refractivity contribution in [3.8, 4) is 55.6 Å². The van der Waals surface area contributed by atoms with Crippen LogP contribution < -0.4 is 0 Å². The van der Waals surface area contributed by atoms with Gasteiger partial charge < -0.3 is 0 Å². The standard InChI is InChI=1S/C53H46/c1-51(2)49-33-47-45-31-40(39-24-16-23-38(27-39)35-17-10-7-11-18-35)25-26-41(45)32-46(48(47)34-50(49)52(3,4)53(51,5)6)44-29-42(36-19-12-8-13-20-36)28-43(30-44)37-21-14-9-15-22-37/h7-34H,1-6H3. The molecular weight excluding hydrogens is 637 g/mol. The molecule has 0 aromatic heterocycles. The Kier molecular flexibility index (Phi) is 7.61. The molecule has 0 atom stereocenters. The summed E-state index contributed by atoms with van der Waals surface area (Å²) in [5.41, 5.74) is 15.4. The fourth-order valence-electron chi connectivity index (χ4n) is 8.99. The average molecular weight is 683 g/mol. The van der Waals surface area contributed by atoms with Crippen LogP contribution >= 0.6 is 0 Å². The lowest BCUT2D eigenvalue weighted by molar-refractivity contribution is 0.125. The van der Waals surface area contributed by atoms with Gasteiger partial charge in [0, 0.05) is 0 Å². The summed E-state index contributed by atoms with van der Waals surface area (Å²) >= 11 is 0. The van der Waals surface area contributed by atoms with Crippen molar-refractivity contribution in [3.63, 3.8) is 0 Å². The molecule has 0 N–H and O–H groups in total. The number of hydrogen-bond donors (Lipinski definition) is 0. The van der Waals surface area contributed by atoms with Gasteiger partial charge in [0.15, 0.2) is 0 Å². The second-order valence-corrected chi connectivity index (χ2v) is 16.7. The molecule has 0 bridgehead atoms. The van der Waals surface area contributed by atoms with Gasteiger partial charge in [-0.3, -0.25) is 0 Å². The van der Waals surface area contributed by atoms with Gasteiger partial charge >= 0.3 is 0 Å². The van der Waals surface area contributed by atoms with E-state index in [2.05, 4.69) is 211 Å². The second kappa shape index (κ2) is 12.2. The summed E-state index contributed by atoms with van der Waals surface area (Å²) in [6.07, 6.45) is 0. The maximum Gasteiger partial charge on any atom is -0.00410 e. The van der Waals surface area contributed by atoms with Crippen LogP contribution in [0.4, 0.5) is 0 Å². The van der Waals surface area contributed by atoms with Crippen LogP contribution in [-0.4, -0.2) is 0 Å². The van der Waals surface area contributed by atoms with E-state index in [1.54, 1.807) is 0 Å². The molecule has 0 fully saturated rings. The van der Waals surface area contributed by atoms with Crippen molar-refractivity contribution in [3.05, 3.63) is 181 Å². The summed E-state index contributed by atoms with van der Waals surface area (Å²) in [5.74, 6) is 0. The summed E-state index contributed by atoms with van der Waals surface area (Å²) in [7, 11) is 0. The zero-order valence-corrected chi connectivity index (χ0v) is 31.7. The molecule has 0 spiro atoms. The Hall–Kier alpha value is -5.72. The third-order valence-electron chi connectivity index (χ3n) is 13.3. The highest BCUT2D eigenvalue weighted by molar-refractivity contribution is 6.15. The highest BCUT2D eigenvalue weighted by Gasteiger charge is 2.56. The number of fused-ring (bicyclic) bond motifs is 4. The minimum absolute atomic E-state index is 0.00230. The van der Waals surface area contributed by atoms with Crippen LogP contribution in [0.3, 0.4) is 0 Å². The molecule has 8 aromatic carbocycles. The summed E-state index contributed by atoms with van der Waals surface area (Å²) in [6, 6.07) is 63.1. The Bertz CT molecular complexity index is 2600. The average Bonchev–Trinajstić information content (AvgIpc) is 3.30. The molecule has 0 amide bonds. The smallest absolute Gasteiger partial charge is 0.00410 e. The van der Waals surface area contributed by atoms with Crippen LogP contribution in [-0.2, 0) is 10.8 Å². The molecule has 8 aromatic rings. The van der Waals surface area contributed by atoms with Crippen molar-refractivity contribution in [2.45, 2.75) is 52.4 Å².